The first-order chi connectivity index (χ1) is 8.61. The van der Waals surface area contributed by atoms with Crippen molar-refractivity contribution in [2.24, 2.45) is 5.73 Å². The minimum atomic E-state index is -0.844. The molecule has 1 unspecified atom stereocenters. The third-order valence-corrected chi connectivity index (χ3v) is 2.74. The Hall–Kier alpha value is -1.18. The van der Waals surface area contributed by atoms with Crippen molar-refractivity contribution in [3.8, 4) is 0 Å². The number of nitrogens with two attached hydrogens (primary N) is 1. The van der Waals surface area contributed by atoms with E-state index < -0.39 is 5.97 Å². The number of carbonyl (C=O) groups is 2. The lowest BCUT2D eigenvalue weighted by atomic mass is 10.2. The average Bonchev–Trinajstić information content (AvgIpc) is 2.34. The molecule has 104 valence electrons. The van der Waals surface area contributed by atoms with E-state index in [0.717, 1.165) is 6.54 Å². The largest absolute Gasteiger partial charge is 0.481 e. The van der Waals surface area contributed by atoms with Crippen LogP contribution in [-0.4, -0.2) is 67.3 Å². The minimum Gasteiger partial charge on any atom is -0.481 e. The smallest absolute Gasteiger partial charge is 0.303 e. The summed E-state index contributed by atoms with van der Waals surface area (Å²) in [6.45, 7) is 3.14. The van der Waals surface area contributed by atoms with Gasteiger partial charge in [0.2, 0.25) is 5.91 Å². The highest BCUT2D eigenvalue weighted by Crippen LogP contribution is 2.03. The molecule has 0 aromatic heterocycles. The number of nitrogens with one attached hydrogen (secondary N) is 1. The summed E-state index contributed by atoms with van der Waals surface area (Å²) in [5.41, 5.74) is 5.52. The average molecular weight is 259 g/mol. The molecule has 7 nitrogen and oxygen atoms in total. The van der Waals surface area contributed by atoms with Crippen LogP contribution in [0.2, 0.25) is 0 Å². The van der Waals surface area contributed by atoms with Crippen LogP contribution in [0.25, 0.3) is 0 Å². The van der Waals surface area contributed by atoms with Gasteiger partial charge in [-0.3, -0.25) is 14.5 Å². The predicted octanol–water partition coefficient (Wildman–Crippen LogP) is -1.37. The van der Waals surface area contributed by atoms with Gasteiger partial charge in [-0.25, -0.2) is 0 Å². The van der Waals surface area contributed by atoms with Crippen molar-refractivity contribution in [1.82, 2.24) is 10.2 Å². The Morgan fingerprint density at radius 2 is 2.28 bits per heavy atom. The number of hydrogen-bond acceptors (Lipinski definition) is 5. The monoisotopic (exact) mass is 259 g/mol. The first-order valence-electron chi connectivity index (χ1n) is 6.14. The molecule has 0 spiro atoms. The van der Waals surface area contributed by atoms with E-state index in [0.29, 0.717) is 39.2 Å². The fourth-order valence-electron chi connectivity index (χ4n) is 1.79. The lowest BCUT2D eigenvalue weighted by Crippen LogP contribution is -2.49. The van der Waals surface area contributed by atoms with Gasteiger partial charge >= 0.3 is 5.97 Å². The molecule has 18 heavy (non-hydrogen) atoms. The maximum Gasteiger partial charge on any atom is 0.303 e. The van der Waals surface area contributed by atoms with E-state index in [1.807, 2.05) is 4.90 Å². The molecule has 1 aliphatic rings. The second-order valence-corrected chi connectivity index (χ2v) is 4.31. The van der Waals surface area contributed by atoms with E-state index >= 15 is 0 Å². The molecule has 1 fully saturated rings. The van der Waals surface area contributed by atoms with Crippen LogP contribution in [0.3, 0.4) is 0 Å². The maximum absolute atomic E-state index is 11.6. The van der Waals surface area contributed by atoms with Gasteiger partial charge in [0.25, 0.3) is 0 Å². The Balaban J connectivity index is 2.13. The molecule has 1 atom stereocenters. The van der Waals surface area contributed by atoms with Crippen molar-refractivity contribution in [3.05, 3.63) is 0 Å². The molecule has 0 saturated carbocycles. The van der Waals surface area contributed by atoms with Crippen molar-refractivity contribution >= 4 is 11.9 Å². The lowest BCUT2D eigenvalue weighted by Gasteiger charge is -2.31. The summed E-state index contributed by atoms with van der Waals surface area (Å²) in [5, 5.41) is 11.2. The van der Waals surface area contributed by atoms with Crippen LogP contribution in [0.5, 0.6) is 0 Å². The van der Waals surface area contributed by atoms with E-state index in [9.17, 15) is 9.59 Å². The Morgan fingerprint density at radius 1 is 1.50 bits per heavy atom. The van der Waals surface area contributed by atoms with E-state index in [-0.39, 0.29) is 18.4 Å². The number of hydrogen-bond donors (Lipinski definition) is 3. The third kappa shape index (κ3) is 5.95. The van der Waals surface area contributed by atoms with Crippen LogP contribution >= 0.6 is 0 Å². The summed E-state index contributed by atoms with van der Waals surface area (Å²) < 4.78 is 5.40. The van der Waals surface area contributed by atoms with Gasteiger partial charge in [-0.15, -0.1) is 0 Å². The number of nitrogens with zero attached hydrogens (tertiary/aromatic N) is 1. The molecule has 4 N–H and O–H groups in total. The topological polar surface area (TPSA) is 105 Å². The highest BCUT2D eigenvalue weighted by Gasteiger charge is 2.20. The summed E-state index contributed by atoms with van der Waals surface area (Å²) in [4.78, 5) is 23.9. The van der Waals surface area contributed by atoms with E-state index in [1.54, 1.807) is 0 Å². The molecule has 7 heteroatoms. The van der Waals surface area contributed by atoms with Gasteiger partial charge in [0.05, 0.1) is 19.3 Å². The zero-order valence-electron chi connectivity index (χ0n) is 10.4. The Bertz CT molecular complexity index is 285. The van der Waals surface area contributed by atoms with Crippen LogP contribution < -0.4 is 11.1 Å². The summed E-state index contributed by atoms with van der Waals surface area (Å²) in [7, 11) is 0. The molecular weight excluding hydrogens is 238 g/mol. The molecule has 0 aromatic carbocycles. The van der Waals surface area contributed by atoms with Crippen LogP contribution in [0.15, 0.2) is 0 Å². The fourth-order valence-corrected chi connectivity index (χ4v) is 1.79. The second kappa shape index (κ2) is 8.02. The molecule has 0 aromatic rings. The van der Waals surface area contributed by atoms with E-state index in [4.69, 9.17) is 15.6 Å². The minimum absolute atomic E-state index is 0.00133. The van der Waals surface area contributed by atoms with Crippen molar-refractivity contribution in [1.29, 1.82) is 0 Å². The number of aliphatic carboxylic acids is 1. The van der Waals surface area contributed by atoms with Crippen LogP contribution in [0.4, 0.5) is 0 Å². The lowest BCUT2D eigenvalue weighted by molar-refractivity contribution is -0.137. The van der Waals surface area contributed by atoms with Gasteiger partial charge in [0.15, 0.2) is 0 Å². The Morgan fingerprint density at radius 3 is 2.94 bits per heavy atom. The van der Waals surface area contributed by atoms with Crippen LogP contribution in [0, 0.1) is 0 Å². The van der Waals surface area contributed by atoms with Gasteiger partial charge in [0.1, 0.15) is 0 Å². The summed E-state index contributed by atoms with van der Waals surface area (Å²) in [5.74, 6) is -0.929. The quantitative estimate of drug-likeness (QED) is 0.487. The van der Waals surface area contributed by atoms with Crippen molar-refractivity contribution in [2.75, 3.05) is 39.3 Å². The number of rotatable bonds is 7. The first-order valence-corrected chi connectivity index (χ1v) is 6.14. The van der Waals surface area contributed by atoms with Crippen LogP contribution in [-0.2, 0) is 14.3 Å². The number of carbonyl (C=O) groups excluding carboxylic acids is 1. The molecule has 1 saturated heterocycles. The van der Waals surface area contributed by atoms with Crippen molar-refractivity contribution < 1.29 is 19.4 Å². The van der Waals surface area contributed by atoms with Crippen molar-refractivity contribution in [3.63, 3.8) is 0 Å². The predicted molar refractivity (Wildman–Crippen MR) is 65.1 cm³/mol. The molecule has 0 radical (unpaired) electrons. The number of ether oxygens (including phenoxy) is 1. The molecule has 0 bridgehead atoms. The SMILES string of the molecule is NCC1CN(CC(=O)NCCCC(=O)O)CCO1. The Labute approximate surface area is 106 Å². The number of amides is 1. The molecule has 1 rings (SSSR count). The fraction of sp³-hybridized carbons (Fsp3) is 0.818. The third-order valence-electron chi connectivity index (χ3n) is 2.74. The molecular formula is C11H21N3O4. The molecule has 1 heterocycles. The summed E-state index contributed by atoms with van der Waals surface area (Å²) >= 11 is 0. The van der Waals surface area contributed by atoms with Gasteiger partial charge in [-0.05, 0) is 6.42 Å². The molecule has 1 amide bonds. The van der Waals surface area contributed by atoms with Crippen LogP contribution in [0.1, 0.15) is 12.8 Å². The zero-order chi connectivity index (χ0) is 13.4. The normalized spacial score (nSPS) is 20.6. The highest BCUT2D eigenvalue weighted by atomic mass is 16.5. The second-order valence-electron chi connectivity index (χ2n) is 4.31. The van der Waals surface area contributed by atoms with Gasteiger partial charge in [0, 0.05) is 32.6 Å². The molecule has 0 aliphatic carbocycles. The standard InChI is InChI=1S/C11H21N3O4/c12-6-9-7-14(4-5-18-9)8-10(15)13-3-1-2-11(16)17/h9H,1-8,12H2,(H,13,15)(H,16,17). The van der Waals surface area contributed by atoms with Crippen molar-refractivity contribution in [2.45, 2.75) is 18.9 Å². The van der Waals surface area contributed by atoms with E-state index in [2.05, 4.69) is 5.32 Å². The summed E-state index contributed by atoms with van der Waals surface area (Å²) in [6, 6.07) is 0. The maximum atomic E-state index is 11.6. The highest BCUT2D eigenvalue weighted by molar-refractivity contribution is 5.78. The summed E-state index contributed by atoms with van der Waals surface area (Å²) in [6.07, 6.45) is 0.529. The van der Waals surface area contributed by atoms with E-state index in [1.165, 1.54) is 0 Å². The zero-order valence-corrected chi connectivity index (χ0v) is 10.4. The van der Waals surface area contributed by atoms with Gasteiger partial charge in [-0.1, -0.05) is 0 Å². The number of carboxylic acid groups (broad SMARTS) is 1. The van der Waals surface area contributed by atoms with Gasteiger partial charge < -0.3 is 20.9 Å². The van der Waals surface area contributed by atoms with Gasteiger partial charge in [-0.2, -0.15) is 0 Å². The first kappa shape index (κ1) is 14.9. The number of morpholine rings is 1. The number of carboxylic acids is 1. The molecule has 1 aliphatic heterocycles. The Kier molecular flexibility index (Phi) is 6.63.